The van der Waals surface area contributed by atoms with Crippen LogP contribution in [0.3, 0.4) is 0 Å². The van der Waals surface area contributed by atoms with Gasteiger partial charge < -0.3 is 10.2 Å². The average Bonchev–Trinajstić information content (AvgIpc) is 2.47. The van der Waals surface area contributed by atoms with Crippen LogP contribution in [-0.2, 0) is 0 Å². The monoisotopic (exact) mass is 194 g/mol. The van der Waals surface area contributed by atoms with Crippen LogP contribution < -0.4 is 5.32 Å². The Morgan fingerprint density at radius 2 is 1.50 bits per heavy atom. The first kappa shape index (κ1) is 9.17. The van der Waals surface area contributed by atoms with E-state index in [0.29, 0.717) is 0 Å². The molecule has 2 saturated heterocycles. The lowest BCUT2D eigenvalue weighted by Gasteiger charge is -2.37. The Bertz CT molecular complexity index is 186. The summed E-state index contributed by atoms with van der Waals surface area (Å²) in [5.41, 5.74) is 0. The van der Waals surface area contributed by atoms with Crippen molar-refractivity contribution in [3.05, 3.63) is 0 Å². The molecule has 2 unspecified atom stereocenters. The van der Waals surface area contributed by atoms with Gasteiger partial charge in [0.1, 0.15) is 0 Å². The summed E-state index contributed by atoms with van der Waals surface area (Å²) < 4.78 is 0. The highest BCUT2D eigenvalue weighted by Crippen LogP contribution is 2.31. The smallest absolute Gasteiger partial charge is 0.00952 e. The largest absolute Gasteiger partial charge is 0.316 e. The van der Waals surface area contributed by atoms with E-state index in [2.05, 4.69) is 10.2 Å². The molecule has 80 valence electrons. The summed E-state index contributed by atoms with van der Waals surface area (Å²) in [5.74, 6) is 2.00. The van der Waals surface area contributed by atoms with E-state index in [-0.39, 0.29) is 0 Å². The van der Waals surface area contributed by atoms with E-state index in [1.807, 2.05) is 0 Å². The minimum atomic E-state index is 0.974. The average molecular weight is 194 g/mol. The maximum absolute atomic E-state index is 3.55. The van der Waals surface area contributed by atoms with Gasteiger partial charge in [0, 0.05) is 6.04 Å². The van der Waals surface area contributed by atoms with E-state index in [4.69, 9.17) is 0 Å². The van der Waals surface area contributed by atoms with Crippen molar-refractivity contribution in [2.24, 2.45) is 11.8 Å². The lowest BCUT2D eigenvalue weighted by molar-refractivity contribution is 0.129. The van der Waals surface area contributed by atoms with E-state index in [1.165, 1.54) is 58.3 Å². The van der Waals surface area contributed by atoms with Crippen molar-refractivity contribution in [2.75, 3.05) is 26.2 Å². The Hall–Kier alpha value is -0.0800. The molecule has 2 aliphatic heterocycles. The van der Waals surface area contributed by atoms with Gasteiger partial charge in [-0.2, -0.15) is 0 Å². The second-order valence-electron chi connectivity index (χ2n) is 5.38. The van der Waals surface area contributed by atoms with Gasteiger partial charge in [0.05, 0.1) is 0 Å². The fourth-order valence-electron chi connectivity index (χ4n) is 3.36. The third-order valence-corrected chi connectivity index (χ3v) is 4.65. The molecule has 3 rings (SSSR count). The van der Waals surface area contributed by atoms with Gasteiger partial charge in [-0.25, -0.2) is 0 Å². The summed E-state index contributed by atoms with van der Waals surface area (Å²) in [7, 11) is 0. The Morgan fingerprint density at radius 3 is 2.00 bits per heavy atom. The van der Waals surface area contributed by atoms with Gasteiger partial charge in [-0.1, -0.05) is 6.42 Å². The molecule has 0 aromatic heterocycles. The lowest BCUT2D eigenvalue weighted by atomic mass is 9.91. The van der Waals surface area contributed by atoms with Crippen molar-refractivity contribution >= 4 is 0 Å². The zero-order valence-electron chi connectivity index (χ0n) is 9.04. The molecule has 0 bridgehead atoms. The fraction of sp³-hybridized carbons (Fsp3) is 1.00. The zero-order valence-corrected chi connectivity index (χ0v) is 9.04. The molecule has 0 radical (unpaired) electrons. The van der Waals surface area contributed by atoms with Crippen molar-refractivity contribution in [2.45, 2.75) is 38.1 Å². The molecule has 3 fully saturated rings. The van der Waals surface area contributed by atoms with Gasteiger partial charge in [0.15, 0.2) is 0 Å². The predicted octanol–water partition coefficient (Wildman–Crippen LogP) is 1.47. The van der Waals surface area contributed by atoms with Crippen molar-refractivity contribution in [3.63, 3.8) is 0 Å². The SMILES string of the molecule is C1CC(N2CCC3CNCC3CC2)C1. The molecule has 1 N–H and O–H groups in total. The second-order valence-corrected chi connectivity index (χ2v) is 5.38. The summed E-state index contributed by atoms with van der Waals surface area (Å²) in [4.78, 5) is 2.78. The molecule has 2 nitrogen and oxygen atoms in total. The Balaban J connectivity index is 1.59. The van der Waals surface area contributed by atoms with Crippen LogP contribution in [0.4, 0.5) is 0 Å². The normalized spacial score (nSPS) is 40.3. The van der Waals surface area contributed by atoms with E-state index in [9.17, 15) is 0 Å². The lowest BCUT2D eigenvalue weighted by Crippen LogP contribution is -2.41. The number of nitrogens with one attached hydrogen (secondary N) is 1. The van der Waals surface area contributed by atoms with Crippen LogP contribution in [0.15, 0.2) is 0 Å². The summed E-state index contributed by atoms with van der Waals surface area (Å²) in [6, 6.07) is 0.974. The molecule has 0 aromatic carbocycles. The molecule has 0 amide bonds. The maximum Gasteiger partial charge on any atom is 0.00952 e. The second kappa shape index (κ2) is 3.82. The summed E-state index contributed by atoms with van der Waals surface area (Å²) in [6.07, 6.45) is 7.35. The third kappa shape index (κ3) is 1.59. The molecular formula is C12H22N2. The first-order valence-electron chi connectivity index (χ1n) is 6.38. The molecule has 1 saturated carbocycles. The molecule has 3 aliphatic rings. The summed E-state index contributed by atoms with van der Waals surface area (Å²) in [5, 5.41) is 3.55. The van der Waals surface area contributed by atoms with Crippen molar-refractivity contribution in [1.29, 1.82) is 0 Å². The number of likely N-dealkylation sites (tertiary alicyclic amines) is 1. The van der Waals surface area contributed by atoms with Crippen molar-refractivity contribution < 1.29 is 0 Å². The highest BCUT2D eigenvalue weighted by Gasteiger charge is 2.33. The van der Waals surface area contributed by atoms with E-state index in [0.717, 1.165) is 17.9 Å². The zero-order chi connectivity index (χ0) is 9.38. The van der Waals surface area contributed by atoms with Crippen LogP contribution in [-0.4, -0.2) is 37.1 Å². The first-order chi connectivity index (χ1) is 6.93. The first-order valence-corrected chi connectivity index (χ1v) is 6.38. The quantitative estimate of drug-likeness (QED) is 0.680. The number of rotatable bonds is 1. The van der Waals surface area contributed by atoms with Crippen LogP contribution in [0.2, 0.25) is 0 Å². The summed E-state index contributed by atoms with van der Waals surface area (Å²) >= 11 is 0. The minimum Gasteiger partial charge on any atom is -0.316 e. The minimum absolute atomic E-state index is 0.974. The van der Waals surface area contributed by atoms with Gasteiger partial charge in [-0.3, -0.25) is 0 Å². The topological polar surface area (TPSA) is 15.3 Å². The van der Waals surface area contributed by atoms with Crippen LogP contribution in [0.1, 0.15) is 32.1 Å². The standard InChI is InChI=1S/C12H22N2/c1-2-12(3-1)14-6-4-10-8-13-9-11(10)5-7-14/h10-13H,1-9H2. The highest BCUT2D eigenvalue weighted by molar-refractivity contribution is 4.88. The van der Waals surface area contributed by atoms with Gasteiger partial charge in [0.2, 0.25) is 0 Å². The van der Waals surface area contributed by atoms with Gasteiger partial charge >= 0.3 is 0 Å². The molecule has 2 atom stereocenters. The van der Waals surface area contributed by atoms with Crippen LogP contribution in [0.5, 0.6) is 0 Å². The van der Waals surface area contributed by atoms with Gasteiger partial charge in [-0.05, 0) is 63.7 Å². The Kier molecular flexibility index (Phi) is 2.50. The number of hydrogen-bond acceptors (Lipinski definition) is 2. The number of nitrogens with zero attached hydrogens (tertiary/aromatic N) is 1. The van der Waals surface area contributed by atoms with E-state index >= 15 is 0 Å². The molecule has 0 aromatic rings. The number of fused-ring (bicyclic) bond motifs is 1. The molecule has 14 heavy (non-hydrogen) atoms. The van der Waals surface area contributed by atoms with Crippen LogP contribution in [0.25, 0.3) is 0 Å². The van der Waals surface area contributed by atoms with Crippen LogP contribution >= 0.6 is 0 Å². The van der Waals surface area contributed by atoms with Crippen LogP contribution in [0, 0.1) is 11.8 Å². The van der Waals surface area contributed by atoms with Gasteiger partial charge in [0.25, 0.3) is 0 Å². The molecular weight excluding hydrogens is 172 g/mol. The fourth-order valence-corrected chi connectivity index (χ4v) is 3.36. The van der Waals surface area contributed by atoms with E-state index < -0.39 is 0 Å². The third-order valence-electron chi connectivity index (χ3n) is 4.65. The maximum atomic E-state index is 3.55. The Labute approximate surface area is 87.0 Å². The Morgan fingerprint density at radius 1 is 0.857 bits per heavy atom. The van der Waals surface area contributed by atoms with E-state index in [1.54, 1.807) is 0 Å². The van der Waals surface area contributed by atoms with Crippen molar-refractivity contribution in [3.8, 4) is 0 Å². The predicted molar refractivity (Wildman–Crippen MR) is 58.3 cm³/mol. The summed E-state index contributed by atoms with van der Waals surface area (Å²) in [6.45, 7) is 5.35. The van der Waals surface area contributed by atoms with Crippen molar-refractivity contribution in [1.82, 2.24) is 10.2 Å². The molecule has 1 aliphatic carbocycles. The molecule has 2 heteroatoms. The molecule has 0 spiro atoms. The number of hydrogen-bond donors (Lipinski definition) is 1. The molecule has 2 heterocycles. The van der Waals surface area contributed by atoms with Gasteiger partial charge in [-0.15, -0.1) is 0 Å². The highest BCUT2D eigenvalue weighted by atomic mass is 15.2.